The predicted molar refractivity (Wildman–Crippen MR) is 90.3 cm³/mol. The summed E-state index contributed by atoms with van der Waals surface area (Å²) < 4.78 is 4.76. The number of esters is 1. The Morgan fingerprint density at radius 1 is 1.21 bits per heavy atom. The summed E-state index contributed by atoms with van der Waals surface area (Å²) >= 11 is 0. The van der Waals surface area contributed by atoms with Crippen LogP contribution in [0.25, 0.3) is 0 Å². The van der Waals surface area contributed by atoms with Gasteiger partial charge in [-0.2, -0.15) is 0 Å². The van der Waals surface area contributed by atoms with E-state index in [-0.39, 0.29) is 11.6 Å². The Hall–Kier alpha value is -2.96. The van der Waals surface area contributed by atoms with Crippen molar-refractivity contribution < 1.29 is 14.3 Å². The lowest BCUT2D eigenvalue weighted by molar-refractivity contribution is 0.0601. The van der Waals surface area contributed by atoms with Crippen LogP contribution in [0.3, 0.4) is 0 Å². The molecule has 1 aromatic heterocycles. The molecule has 0 aliphatic carbocycles. The maximum atomic E-state index is 12.1. The van der Waals surface area contributed by atoms with Gasteiger partial charge in [-0.3, -0.25) is 4.79 Å². The minimum atomic E-state index is -0.456. The highest BCUT2D eigenvalue weighted by atomic mass is 16.5. The summed E-state index contributed by atoms with van der Waals surface area (Å²) in [5.41, 5.74) is 1.17. The van der Waals surface area contributed by atoms with Crippen LogP contribution in [0.1, 0.15) is 34.7 Å². The van der Waals surface area contributed by atoms with E-state index in [1.165, 1.54) is 19.5 Å². The number of rotatable bonds is 6. The second-order valence-electron chi connectivity index (χ2n) is 5.55. The number of nitrogens with zero attached hydrogens (tertiary/aromatic N) is 2. The highest BCUT2D eigenvalue weighted by molar-refractivity contribution is 5.96. The third-order valence-corrected chi connectivity index (χ3v) is 3.17. The van der Waals surface area contributed by atoms with Crippen LogP contribution in [0, 0.1) is 5.92 Å². The minimum Gasteiger partial charge on any atom is -0.465 e. The van der Waals surface area contributed by atoms with E-state index in [1.807, 2.05) is 13.8 Å². The van der Waals surface area contributed by atoms with Crippen LogP contribution in [0.5, 0.6) is 0 Å². The van der Waals surface area contributed by atoms with Crippen molar-refractivity contribution >= 4 is 23.4 Å². The van der Waals surface area contributed by atoms with Crippen molar-refractivity contribution in [3.63, 3.8) is 0 Å². The first-order chi connectivity index (χ1) is 11.5. The quantitative estimate of drug-likeness (QED) is 0.791. The van der Waals surface area contributed by atoms with Gasteiger partial charge in [0.2, 0.25) is 0 Å². The highest BCUT2D eigenvalue weighted by Crippen LogP contribution is 2.20. The Morgan fingerprint density at radius 3 is 2.67 bits per heavy atom. The standard InChI is InChI=1S/C17H20N4O3/c1-11(2)9-18-16(22)14-8-15(20-10-19-14)21-13-7-5-4-6-12(13)17(23)24-3/h4-8,10-11H,9H2,1-3H3,(H,18,22)(H,19,20,21). The zero-order valence-corrected chi connectivity index (χ0v) is 13.9. The SMILES string of the molecule is COC(=O)c1ccccc1Nc1cc(C(=O)NCC(C)C)ncn1. The van der Waals surface area contributed by atoms with Crippen molar-refractivity contribution in [3.05, 3.63) is 47.9 Å². The number of hydrogen-bond donors (Lipinski definition) is 2. The number of amides is 1. The van der Waals surface area contributed by atoms with Crippen molar-refractivity contribution in [2.24, 2.45) is 5.92 Å². The van der Waals surface area contributed by atoms with E-state index in [9.17, 15) is 9.59 Å². The van der Waals surface area contributed by atoms with Gasteiger partial charge in [0.1, 0.15) is 17.8 Å². The monoisotopic (exact) mass is 328 g/mol. The molecule has 0 spiro atoms. The number of methoxy groups -OCH3 is 1. The van der Waals surface area contributed by atoms with E-state index in [0.29, 0.717) is 29.5 Å². The lowest BCUT2D eigenvalue weighted by atomic mass is 10.2. The number of nitrogens with one attached hydrogen (secondary N) is 2. The van der Waals surface area contributed by atoms with Gasteiger partial charge < -0.3 is 15.4 Å². The number of carbonyl (C=O) groups excluding carboxylic acids is 2. The van der Waals surface area contributed by atoms with Crippen molar-refractivity contribution in [1.82, 2.24) is 15.3 Å². The van der Waals surface area contributed by atoms with Crippen LogP contribution >= 0.6 is 0 Å². The van der Waals surface area contributed by atoms with Gasteiger partial charge in [-0.25, -0.2) is 14.8 Å². The average molecular weight is 328 g/mol. The molecular weight excluding hydrogens is 308 g/mol. The van der Waals surface area contributed by atoms with Gasteiger partial charge in [0.25, 0.3) is 5.91 Å². The molecule has 0 saturated carbocycles. The fourth-order valence-corrected chi connectivity index (χ4v) is 1.96. The molecule has 1 amide bonds. The zero-order valence-electron chi connectivity index (χ0n) is 13.9. The number of carbonyl (C=O) groups is 2. The smallest absolute Gasteiger partial charge is 0.339 e. The van der Waals surface area contributed by atoms with E-state index in [2.05, 4.69) is 20.6 Å². The molecule has 0 unspecified atom stereocenters. The molecule has 0 saturated heterocycles. The van der Waals surface area contributed by atoms with Crippen molar-refractivity contribution in [2.45, 2.75) is 13.8 Å². The Morgan fingerprint density at radius 2 is 1.96 bits per heavy atom. The van der Waals surface area contributed by atoms with E-state index < -0.39 is 5.97 Å². The van der Waals surface area contributed by atoms with Gasteiger partial charge in [-0.1, -0.05) is 26.0 Å². The molecule has 1 aromatic carbocycles. The Kier molecular flexibility index (Phi) is 5.83. The summed E-state index contributed by atoms with van der Waals surface area (Å²) in [7, 11) is 1.32. The van der Waals surface area contributed by atoms with Gasteiger partial charge in [-0.05, 0) is 18.1 Å². The maximum absolute atomic E-state index is 12.1. The van der Waals surface area contributed by atoms with E-state index in [4.69, 9.17) is 4.74 Å². The summed E-state index contributed by atoms with van der Waals surface area (Å²) in [6.45, 7) is 4.59. The number of para-hydroxylation sites is 1. The predicted octanol–water partition coefficient (Wildman–Crippen LogP) is 2.39. The molecule has 0 radical (unpaired) electrons. The molecule has 0 aliphatic heterocycles. The molecule has 2 rings (SSSR count). The molecule has 2 N–H and O–H groups in total. The van der Waals surface area contributed by atoms with E-state index >= 15 is 0 Å². The maximum Gasteiger partial charge on any atom is 0.339 e. The first kappa shape index (κ1) is 17.4. The van der Waals surface area contributed by atoms with Crippen molar-refractivity contribution in [1.29, 1.82) is 0 Å². The van der Waals surface area contributed by atoms with Crippen LogP contribution in [0.15, 0.2) is 36.7 Å². The Balaban J connectivity index is 2.18. The molecule has 0 atom stereocenters. The zero-order chi connectivity index (χ0) is 17.5. The topological polar surface area (TPSA) is 93.2 Å². The molecule has 1 heterocycles. The highest BCUT2D eigenvalue weighted by Gasteiger charge is 2.13. The molecule has 0 bridgehead atoms. The van der Waals surface area contributed by atoms with Gasteiger partial charge in [0.05, 0.1) is 18.4 Å². The van der Waals surface area contributed by atoms with Crippen LogP contribution in [0.2, 0.25) is 0 Å². The Labute approximate surface area is 140 Å². The Bertz CT molecular complexity index is 731. The minimum absolute atomic E-state index is 0.253. The summed E-state index contributed by atoms with van der Waals surface area (Å²) in [6, 6.07) is 8.43. The second kappa shape index (κ2) is 8.05. The fraction of sp³-hybridized carbons (Fsp3) is 0.294. The lowest BCUT2D eigenvalue weighted by Crippen LogP contribution is -2.28. The fourth-order valence-electron chi connectivity index (χ4n) is 1.96. The summed E-state index contributed by atoms with van der Waals surface area (Å²) in [6.07, 6.45) is 1.30. The summed E-state index contributed by atoms with van der Waals surface area (Å²) in [4.78, 5) is 31.9. The van der Waals surface area contributed by atoms with Crippen LogP contribution in [0.4, 0.5) is 11.5 Å². The average Bonchev–Trinajstić information content (AvgIpc) is 2.59. The third kappa shape index (κ3) is 4.52. The molecule has 7 heteroatoms. The largest absolute Gasteiger partial charge is 0.465 e. The lowest BCUT2D eigenvalue weighted by Gasteiger charge is -2.11. The molecule has 0 fully saturated rings. The number of benzene rings is 1. The van der Waals surface area contributed by atoms with Crippen LogP contribution in [-0.4, -0.2) is 35.5 Å². The first-order valence-electron chi connectivity index (χ1n) is 7.56. The third-order valence-electron chi connectivity index (χ3n) is 3.17. The first-order valence-corrected chi connectivity index (χ1v) is 7.56. The number of anilines is 2. The second-order valence-corrected chi connectivity index (χ2v) is 5.55. The molecule has 126 valence electrons. The van der Waals surface area contributed by atoms with E-state index in [0.717, 1.165) is 0 Å². The summed E-state index contributed by atoms with van der Waals surface area (Å²) in [5, 5.41) is 5.81. The van der Waals surface area contributed by atoms with Gasteiger partial charge in [0, 0.05) is 12.6 Å². The molecular formula is C17H20N4O3. The van der Waals surface area contributed by atoms with Gasteiger partial charge in [0.15, 0.2) is 0 Å². The molecule has 0 aliphatic rings. The van der Waals surface area contributed by atoms with Crippen molar-refractivity contribution in [2.75, 3.05) is 19.0 Å². The number of hydrogen-bond acceptors (Lipinski definition) is 6. The summed E-state index contributed by atoms with van der Waals surface area (Å²) in [5.74, 6) is 0.0359. The van der Waals surface area contributed by atoms with Gasteiger partial charge >= 0.3 is 5.97 Å². The number of aromatic nitrogens is 2. The van der Waals surface area contributed by atoms with E-state index in [1.54, 1.807) is 24.3 Å². The van der Waals surface area contributed by atoms with Crippen LogP contribution in [-0.2, 0) is 4.74 Å². The molecule has 7 nitrogen and oxygen atoms in total. The van der Waals surface area contributed by atoms with Crippen LogP contribution < -0.4 is 10.6 Å². The molecule has 2 aromatic rings. The van der Waals surface area contributed by atoms with Gasteiger partial charge in [-0.15, -0.1) is 0 Å². The van der Waals surface area contributed by atoms with Crippen molar-refractivity contribution in [3.8, 4) is 0 Å². The normalized spacial score (nSPS) is 10.3. The molecule has 24 heavy (non-hydrogen) atoms. The number of ether oxygens (including phenoxy) is 1.